The third kappa shape index (κ3) is 4.55. The summed E-state index contributed by atoms with van der Waals surface area (Å²) in [6.07, 6.45) is 1.46. The minimum atomic E-state index is -0.954. The molecule has 1 amide bonds. The average Bonchev–Trinajstić information content (AvgIpc) is 2.64. The van der Waals surface area contributed by atoms with E-state index in [1.54, 1.807) is 18.2 Å². The quantitative estimate of drug-likeness (QED) is 0.682. The van der Waals surface area contributed by atoms with Crippen molar-refractivity contribution in [2.45, 2.75) is 6.54 Å². The van der Waals surface area contributed by atoms with Crippen molar-refractivity contribution in [3.8, 4) is 0 Å². The first-order valence-corrected chi connectivity index (χ1v) is 8.10. The molecule has 1 heterocycles. The van der Waals surface area contributed by atoms with Gasteiger partial charge in [-0.05, 0) is 42.0 Å². The van der Waals surface area contributed by atoms with Crippen LogP contribution in [0.4, 0.5) is 20.2 Å². The van der Waals surface area contributed by atoms with Gasteiger partial charge in [0.1, 0.15) is 5.69 Å². The molecular formula is C19H14ClF2N3O. The minimum Gasteiger partial charge on any atom is -0.355 e. The molecule has 0 saturated carbocycles. The number of anilines is 2. The molecule has 0 saturated heterocycles. The van der Waals surface area contributed by atoms with Crippen molar-refractivity contribution in [2.75, 3.05) is 5.32 Å². The number of amides is 1. The van der Waals surface area contributed by atoms with E-state index in [-0.39, 0.29) is 11.6 Å². The lowest BCUT2D eigenvalue weighted by Gasteiger charge is -2.09. The van der Waals surface area contributed by atoms with Crippen molar-refractivity contribution in [2.24, 2.45) is 0 Å². The highest BCUT2D eigenvalue weighted by Gasteiger charge is 2.09. The van der Waals surface area contributed by atoms with E-state index in [2.05, 4.69) is 15.6 Å². The van der Waals surface area contributed by atoms with Crippen molar-refractivity contribution in [1.29, 1.82) is 0 Å². The zero-order chi connectivity index (χ0) is 18.5. The molecule has 0 aliphatic carbocycles. The van der Waals surface area contributed by atoms with E-state index < -0.39 is 11.6 Å². The molecule has 0 radical (unpaired) electrons. The largest absolute Gasteiger partial charge is 0.355 e. The van der Waals surface area contributed by atoms with Crippen molar-refractivity contribution in [3.05, 3.63) is 88.7 Å². The Bertz CT molecular complexity index is 932. The first kappa shape index (κ1) is 17.8. The Labute approximate surface area is 153 Å². The monoisotopic (exact) mass is 373 g/mol. The molecule has 2 aromatic carbocycles. The molecule has 0 spiro atoms. The SMILES string of the molecule is O=C(NCc1ccc(Cl)cc1)c1cc(Nc2ccc(F)c(F)c2)ccn1. The summed E-state index contributed by atoms with van der Waals surface area (Å²) in [4.78, 5) is 16.3. The third-order valence-electron chi connectivity index (χ3n) is 3.57. The van der Waals surface area contributed by atoms with Gasteiger partial charge < -0.3 is 10.6 Å². The minimum absolute atomic E-state index is 0.201. The van der Waals surface area contributed by atoms with Gasteiger partial charge in [-0.2, -0.15) is 0 Å². The van der Waals surface area contributed by atoms with Gasteiger partial charge in [0.2, 0.25) is 0 Å². The number of hydrogen-bond acceptors (Lipinski definition) is 3. The van der Waals surface area contributed by atoms with Crippen molar-refractivity contribution < 1.29 is 13.6 Å². The van der Waals surface area contributed by atoms with Crippen LogP contribution in [0, 0.1) is 11.6 Å². The zero-order valence-electron chi connectivity index (χ0n) is 13.5. The van der Waals surface area contributed by atoms with Gasteiger partial charge in [0.15, 0.2) is 11.6 Å². The summed E-state index contributed by atoms with van der Waals surface area (Å²) < 4.78 is 26.3. The van der Waals surface area contributed by atoms with Crippen LogP contribution in [0.3, 0.4) is 0 Å². The number of aromatic nitrogens is 1. The number of rotatable bonds is 5. The molecule has 26 heavy (non-hydrogen) atoms. The second-order valence-corrected chi connectivity index (χ2v) is 5.93. The fourth-order valence-corrected chi connectivity index (χ4v) is 2.37. The third-order valence-corrected chi connectivity index (χ3v) is 3.82. The van der Waals surface area contributed by atoms with Crippen LogP contribution in [0.25, 0.3) is 0 Å². The van der Waals surface area contributed by atoms with Crippen LogP contribution < -0.4 is 10.6 Å². The lowest BCUT2D eigenvalue weighted by Crippen LogP contribution is -2.23. The summed E-state index contributed by atoms with van der Waals surface area (Å²) in [5.41, 5.74) is 2.00. The number of nitrogens with zero attached hydrogens (tertiary/aromatic N) is 1. The Balaban J connectivity index is 1.66. The van der Waals surface area contributed by atoms with E-state index in [9.17, 15) is 13.6 Å². The molecule has 4 nitrogen and oxygen atoms in total. The van der Waals surface area contributed by atoms with Gasteiger partial charge in [-0.1, -0.05) is 23.7 Å². The molecule has 2 N–H and O–H groups in total. The predicted molar refractivity (Wildman–Crippen MR) is 96.5 cm³/mol. The number of nitrogens with one attached hydrogen (secondary N) is 2. The summed E-state index contributed by atoms with van der Waals surface area (Å²) in [5, 5.41) is 6.29. The zero-order valence-corrected chi connectivity index (χ0v) is 14.2. The topological polar surface area (TPSA) is 54.0 Å². The van der Waals surface area contributed by atoms with E-state index in [1.165, 1.54) is 18.3 Å². The lowest BCUT2D eigenvalue weighted by molar-refractivity contribution is 0.0946. The van der Waals surface area contributed by atoms with Gasteiger partial charge in [-0.15, -0.1) is 0 Å². The fraction of sp³-hybridized carbons (Fsp3) is 0.0526. The van der Waals surface area contributed by atoms with Gasteiger partial charge in [0.25, 0.3) is 5.91 Å². The number of carbonyl (C=O) groups is 1. The van der Waals surface area contributed by atoms with Crippen molar-refractivity contribution in [3.63, 3.8) is 0 Å². The van der Waals surface area contributed by atoms with E-state index in [4.69, 9.17) is 11.6 Å². The Kier molecular flexibility index (Phi) is 5.43. The number of carbonyl (C=O) groups excluding carboxylic acids is 1. The van der Waals surface area contributed by atoms with Crippen LogP contribution in [0.5, 0.6) is 0 Å². The number of pyridine rings is 1. The van der Waals surface area contributed by atoms with Gasteiger partial charge in [0, 0.05) is 35.2 Å². The Hall–Kier alpha value is -2.99. The van der Waals surface area contributed by atoms with E-state index in [0.29, 0.717) is 22.9 Å². The lowest BCUT2D eigenvalue weighted by atomic mass is 10.2. The number of benzene rings is 2. The molecule has 0 unspecified atom stereocenters. The van der Waals surface area contributed by atoms with Gasteiger partial charge in [-0.3, -0.25) is 9.78 Å². The fourth-order valence-electron chi connectivity index (χ4n) is 2.25. The highest BCUT2D eigenvalue weighted by molar-refractivity contribution is 6.30. The highest BCUT2D eigenvalue weighted by Crippen LogP contribution is 2.19. The molecule has 3 rings (SSSR count). The second kappa shape index (κ2) is 7.93. The van der Waals surface area contributed by atoms with Gasteiger partial charge >= 0.3 is 0 Å². The number of hydrogen-bond donors (Lipinski definition) is 2. The van der Waals surface area contributed by atoms with Gasteiger partial charge in [-0.25, -0.2) is 8.78 Å². The molecule has 7 heteroatoms. The number of halogens is 3. The molecule has 0 bridgehead atoms. The van der Waals surface area contributed by atoms with Crippen LogP contribution in [0.2, 0.25) is 5.02 Å². The summed E-state index contributed by atoms with van der Waals surface area (Å²) in [6.45, 7) is 0.332. The molecular weight excluding hydrogens is 360 g/mol. The molecule has 0 aliphatic rings. The second-order valence-electron chi connectivity index (χ2n) is 5.49. The van der Waals surface area contributed by atoms with Crippen LogP contribution in [-0.2, 0) is 6.54 Å². The first-order chi connectivity index (χ1) is 12.5. The smallest absolute Gasteiger partial charge is 0.270 e. The Morgan fingerprint density at radius 3 is 2.42 bits per heavy atom. The highest BCUT2D eigenvalue weighted by atomic mass is 35.5. The van der Waals surface area contributed by atoms with Crippen LogP contribution in [0.1, 0.15) is 16.1 Å². The normalized spacial score (nSPS) is 10.4. The van der Waals surface area contributed by atoms with E-state index in [1.807, 2.05) is 12.1 Å². The van der Waals surface area contributed by atoms with Crippen molar-refractivity contribution >= 4 is 28.9 Å². The molecule has 0 atom stereocenters. The Morgan fingerprint density at radius 2 is 1.69 bits per heavy atom. The molecule has 3 aromatic rings. The molecule has 0 fully saturated rings. The standard InChI is InChI=1S/C19H14ClF2N3O/c20-13-3-1-12(2-4-13)11-24-19(26)18-10-15(7-8-23-18)25-14-5-6-16(21)17(22)9-14/h1-10H,11H2,(H,23,25)(H,24,26). The van der Waals surface area contributed by atoms with E-state index >= 15 is 0 Å². The van der Waals surface area contributed by atoms with Gasteiger partial charge in [0.05, 0.1) is 0 Å². The van der Waals surface area contributed by atoms with Crippen LogP contribution in [0.15, 0.2) is 60.8 Å². The maximum Gasteiger partial charge on any atom is 0.270 e. The Morgan fingerprint density at radius 1 is 0.962 bits per heavy atom. The van der Waals surface area contributed by atoms with Crippen LogP contribution >= 0.6 is 11.6 Å². The van der Waals surface area contributed by atoms with Crippen LogP contribution in [-0.4, -0.2) is 10.9 Å². The molecule has 132 valence electrons. The summed E-state index contributed by atoms with van der Waals surface area (Å²) in [5.74, 6) is -2.23. The summed E-state index contributed by atoms with van der Waals surface area (Å²) in [6, 6.07) is 13.7. The van der Waals surface area contributed by atoms with Crippen molar-refractivity contribution in [1.82, 2.24) is 10.3 Å². The molecule has 1 aromatic heterocycles. The maximum absolute atomic E-state index is 13.3. The molecule has 0 aliphatic heterocycles. The predicted octanol–water partition coefficient (Wildman–Crippen LogP) is 4.69. The first-order valence-electron chi connectivity index (χ1n) is 7.72. The summed E-state index contributed by atoms with van der Waals surface area (Å²) in [7, 11) is 0. The average molecular weight is 374 g/mol. The summed E-state index contributed by atoms with van der Waals surface area (Å²) >= 11 is 5.82. The maximum atomic E-state index is 13.3. The van der Waals surface area contributed by atoms with E-state index in [0.717, 1.165) is 17.7 Å².